The summed E-state index contributed by atoms with van der Waals surface area (Å²) in [4.78, 5) is 11.8. The van der Waals surface area contributed by atoms with Crippen LogP contribution in [0.1, 0.15) is 57.8 Å². The molecule has 0 unspecified atom stereocenters. The molecule has 2 aliphatic rings. The molecule has 0 aromatic carbocycles. The Balaban J connectivity index is 1.63. The van der Waals surface area contributed by atoms with Crippen molar-refractivity contribution >= 4 is 17.5 Å². The maximum Gasteiger partial charge on any atom is 0.220 e. The van der Waals surface area contributed by atoms with Crippen molar-refractivity contribution in [2.45, 2.75) is 57.8 Å². The molecule has 1 amide bonds. The molecule has 0 radical (unpaired) electrons. The smallest absolute Gasteiger partial charge is 0.220 e. The Morgan fingerprint density at radius 1 is 1.24 bits per heavy atom. The van der Waals surface area contributed by atoms with E-state index >= 15 is 0 Å². The molecule has 0 heterocycles. The summed E-state index contributed by atoms with van der Waals surface area (Å²) < 4.78 is 0. The van der Waals surface area contributed by atoms with Crippen molar-refractivity contribution in [2.24, 2.45) is 11.3 Å². The minimum atomic E-state index is 0.262. The van der Waals surface area contributed by atoms with Crippen molar-refractivity contribution in [1.82, 2.24) is 5.32 Å². The van der Waals surface area contributed by atoms with Crippen molar-refractivity contribution in [1.29, 1.82) is 0 Å². The van der Waals surface area contributed by atoms with E-state index in [-0.39, 0.29) is 5.91 Å². The molecular weight excluding hydrogens is 234 g/mol. The molecule has 2 aliphatic carbocycles. The van der Waals surface area contributed by atoms with Crippen LogP contribution in [0.4, 0.5) is 0 Å². The van der Waals surface area contributed by atoms with Crippen molar-refractivity contribution in [3.05, 3.63) is 0 Å². The quantitative estimate of drug-likeness (QED) is 0.726. The number of hydrogen-bond donors (Lipinski definition) is 1. The monoisotopic (exact) mass is 257 g/mol. The number of alkyl halides is 1. The molecule has 0 aliphatic heterocycles. The number of amides is 1. The van der Waals surface area contributed by atoms with Gasteiger partial charge in [-0.05, 0) is 43.4 Å². The molecule has 1 N–H and O–H groups in total. The summed E-state index contributed by atoms with van der Waals surface area (Å²) in [6.07, 6.45) is 10.8. The molecule has 2 nitrogen and oxygen atoms in total. The molecule has 2 saturated carbocycles. The topological polar surface area (TPSA) is 29.1 Å². The number of carbonyl (C=O) groups excluding carboxylic acids is 1. The number of hydrogen-bond acceptors (Lipinski definition) is 1. The second-order valence-corrected chi connectivity index (χ2v) is 6.30. The van der Waals surface area contributed by atoms with Crippen molar-refractivity contribution in [2.75, 3.05) is 12.4 Å². The van der Waals surface area contributed by atoms with Gasteiger partial charge in [0.15, 0.2) is 0 Å². The standard InChI is InChI=1S/C14H24ClNO/c15-9-8-14(6-7-14)11-16-13(17)10-12-4-2-1-3-5-12/h12H,1-11H2,(H,16,17). The van der Waals surface area contributed by atoms with Crippen LogP contribution in [-0.4, -0.2) is 18.3 Å². The Morgan fingerprint density at radius 3 is 2.53 bits per heavy atom. The molecule has 0 aromatic rings. The van der Waals surface area contributed by atoms with E-state index in [4.69, 9.17) is 11.6 Å². The van der Waals surface area contributed by atoms with Gasteiger partial charge in [-0.2, -0.15) is 0 Å². The summed E-state index contributed by atoms with van der Waals surface area (Å²) in [7, 11) is 0. The lowest BCUT2D eigenvalue weighted by Crippen LogP contribution is -2.32. The number of rotatable bonds is 6. The van der Waals surface area contributed by atoms with Crippen molar-refractivity contribution in [3.63, 3.8) is 0 Å². The summed E-state index contributed by atoms with van der Waals surface area (Å²) in [5.41, 5.74) is 0.365. The second kappa shape index (κ2) is 6.08. The van der Waals surface area contributed by atoms with Gasteiger partial charge in [-0.1, -0.05) is 19.3 Å². The van der Waals surface area contributed by atoms with Gasteiger partial charge in [0.2, 0.25) is 5.91 Å². The molecule has 3 heteroatoms. The third-order valence-corrected chi connectivity index (χ3v) is 4.63. The third kappa shape index (κ3) is 4.17. The highest BCUT2D eigenvalue weighted by atomic mass is 35.5. The molecule has 17 heavy (non-hydrogen) atoms. The maximum atomic E-state index is 11.8. The van der Waals surface area contributed by atoms with E-state index in [9.17, 15) is 4.79 Å². The maximum absolute atomic E-state index is 11.8. The zero-order valence-corrected chi connectivity index (χ0v) is 11.4. The van der Waals surface area contributed by atoms with Gasteiger partial charge >= 0.3 is 0 Å². The lowest BCUT2D eigenvalue weighted by molar-refractivity contribution is -0.122. The highest BCUT2D eigenvalue weighted by Gasteiger charge is 2.41. The molecule has 98 valence electrons. The van der Waals surface area contributed by atoms with Gasteiger partial charge in [-0.25, -0.2) is 0 Å². The van der Waals surface area contributed by atoms with E-state index in [0.29, 0.717) is 11.3 Å². The number of halogens is 1. The fourth-order valence-corrected chi connectivity index (χ4v) is 3.30. The number of carbonyl (C=O) groups is 1. The first-order valence-electron chi connectivity index (χ1n) is 7.07. The summed E-state index contributed by atoms with van der Waals surface area (Å²) in [5.74, 6) is 1.63. The Bertz CT molecular complexity index is 257. The summed E-state index contributed by atoms with van der Waals surface area (Å²) in [6, 6.07) is 0. The van der Waals surface area contributed by atoms with Crippen LogP contribution in [0.5, 0.6) is 0 Å². The van der Waals surface area contributed by atoms with Crippen molar-refractivity contribution in [3.8, 4) is 0 Å². The largest absolute Gasteiger partial charge is 0.356 e. The van der Waals surface area contributed by atoms with Gasteiger partial charge in [0.05, 0.1) is 0 Å². The van der Waals surface area contributed by atoms with Crippen molar-refractivity contribution < 1.29 is 4.79 Å². The van der Waals surface area contributed by atoms with Crippen LogP contribution in [0, 0.1) is 11.3 Å². The first-order valence-corrected chi connectivity index (χ1v) is 7.60. The predicted molar refractivity (Wildman–Crippen MR) is 71.2 cm³/mol. The van der Waals surface area contributed by atoms with E-state index < -0.39 is 0 Å². The molecule has 2 rings (SSSR count). The zero-order valence-electron chi connectivity index (χ0n) is 10.6. The SMILES string of the molecule is O=C(CC1CCCCC1)NCC1(CCCl)CC1. The van der Waals surface area contributed by atoms with Crippen LogP contribution in [0.25, 0.3) is 0 Å². The fraction of sp³-hybridized carbons (Fsp3) is 0.929. The average Bonchev–Trinajstić information content (AvgIpc) is 3.09. The molecule has 0 bridgehead atoms. The van der Waals surface area contributed by atoms with Crippen LogP contribution in [0.3, 0.4) is 0 Å². The molecule has 2 fully saturated rings. The van der Waals surface area contributed by atoms with Crippen LogP contribution >= 0.6 is 11.6 Å². The summed E-state index contributed by atoms with van der Waals surface area (Å²) in [6.45, 7) is 0.852. The van der Waals surface area contributed by atoms with Crippen LogP contribution < -0.4 is 5.32 Å². The highest BCUT2D eigenvalue weighted by Crippen LogP contribution is 2.48. The van der Waals surface area contributed by atoms with Crippen LogP contribution in [0.15, 0.2) is 0 Å². The van der Waals surface area contributed by atoms with E-state index in [2.05, 4.69) is 5.32 Å². The minimum Gasteiger partial charge on any atom is -0.356 e. The van der Waals surface area contributed by atoms with Crippen LogP contribution in [0.2, 0.25) is 0 Å². The van der Waals surface area contributed by atoms with Gasteiger partial charge in [-0.3, -0.25) is 4.79 Å². The first-order chi connectivity index (χ1) is 8.24. The van der Waals surface area contributed by atoms with Gasteiger partial charge in [0, 0.05) is 18.8 Å². The van der Waals surface area contributed by atoms with E-state index in [1.807, 2.05) is 0 Å². The molecule has 0 saturated heterocycles. The van der Waals surface area contributed by atoms with E-state index in [1.165, 1.54) is 44.9 Å². The number of nitrogens with one attached hydrogen (secondary N) is 1. The first kappa shape index (κ1) is 13.2. The normalized spacial score (nSPS) is 23.4. The van der Waals surface area contributed by atoms with Gasteiger partial charge in [0.1, 0.15) is 0 Å². The minimum absolute atomic E-state index is 0.262. The molecule has 0 aromatic heterocycles. The van der Waals surface area contributed by atoms with Gasteiger partial charge in [-0.15, -0.1) is 11.6 Å². The Hall–Kier alpha value is -0.240. The summed E-state index contributed by atoms with van der Waals surface area (Å²) >= 11 is 5.78. The lowest BCUT2D eigenvalue weighted by Gasteiger charge is -2.21. The van der Waals surface area contributed by atoms with E-state index in [0.717, 1.165) is 25.3 Å². The van der Waals surface area contributed by atoms with E-state index in [1.54, 1.807) is 0 Å². The third-order valence-electron chi connectivity index (χ3n) is 4.44. The fourth-order valence-electron chi connectivity index (χ4n) is 2.90. The molecular formula is C14H24ClNO. The highest BCUT2D eigenvalue weighted by molar-refractivity contribution is 6.17. The molecule has 0 atom stereocenters. The van der Waals surface area contributed by atoms with Gasteiger partial charge in [0.25, 0.3) is 0 Å². The Morgan fingerprint density at radius 2 is 1.94 bits per heavy atom. The van der Waals surface area contributed by atoms with Crippen LogP contribution in [-0.2, 0) is 4.79 Å². The van der Waals surface area contributed by atoms with Gasteiger partial charge < -0.3 is 5.32 Å². The summed E-state index contributed by atoms with van der Waals surface area (Å²) in [5, 5.41) is 3.12. The zero-order chi connectivity index (χ0) is 12.1. The lowest BCUT2D eigenvalue weighted by atomic mass is 9.87. The molecule has 0 spiro atoms. The second-order valence-electron chi connectivity index (χ2n) is 5.92. The Kier molecular flexibility index (Phi) is 4.72. The average molecular weight is 258 g/mol. The predicted octanol–water partition coefficient (Wildman–Crippen LogP) is 3.48. The Labute approximate surface area is 109 Å².